The van der Waals surface area contributed by atoms with Gasteiger partial charge in [-0.25, -0.2) is 0 Å². The minimum absolute atomic E-state index is 0.777. The molecule has 0 amide bonds. The van der Waals surface area contributed by atoms with Crippen molar-refractivity contribution < 1.29 is 4.74 Å². The van der Waals surface area contributed by atoms with E-state index in [-0.39, 0.29) is 0 Å². The van der Waals surface area contributed by atoms with Gasteiger partial charge >= 0.3 is 0 Å². The smallest absolute Gasteiger partial charge is 0.134 e. The molecule has 3 nitrogen and oxygen atoms in total. The standard InChI is InChI=1S/C8H8N2O/c1-2-9-5-7-6-10-3-4-11-8(1)7/h1-5,10H,6H2. The molecule has 1 aromatic rings. The highest BCUT2D eigenvalue weighted by molar-refractivity contribution is 5.31. The first-order valence-corrected chi connectivity index (χ1v) is 3.45. The second-order valence-corrected chi connectivity index (χ2v) is 2.28. The summed E-state index contributed by atoms with van der Waals surface area (Å²) in [4.78, 5) is 3.99. The molecule has 0 saturated heterocycles. The molecule has 0 aromatic carbocycles. The van der Waals surface area contributed by atoms with Crippen LogP contribution in [0.4, 0.5) is 0 Å². The third kappa shape index (κ3) is 1.17. The van der Waals surface area contributed by atoms with Crippen molar-refractivity contribution in [2.45, 2.75) is 6.54 Å². The minimum atomic E-state index is 0.777. The second kappa shape index (κ2) is 2.62. The van der Waals surface area contributed by atoms with Gasteiger partial charge in [0.1, 0.15) is 12.0 Å². The predicted octanol–water partition coefficient (Wildman–Crippen LogP) is 1.03. The molecule has 56 valence electrons. The number of ether oxygens (including phenoxy) is 1. The minimum Gasteiger partial charge on any atom is -0.463 e. The van der Waals surface area contributed by atoms with Crippen LogP contribution < -0.4 is 10.1 Å². The van der Waals surface area contributed by atoms with Gasteiger partial charge in [0.2, 0.25) is 0 Å². The van der Waals surface area contributed by atoms with Gasteiger partial charge in [0.15, 0.2) is 0 Å². The summed E-state index contributed by atoms with van der Waals surface area (Å²) in [7, 11) is 0. The summed E-state index contributed by atoms with van der Waals surface area (Å²) in [5.41, 5.74) is 1.08. The van der Waals surface area contributed by atoms with Crippen molar-refractivity contribution in [3.8, 4) is 5.75 Å². The zero-order valence-corrected chi connectivity index (χ0v) is 5.95. The molecule has 0 atom stereocenters. The molecular formula is C8H8N2O. The van der Waals surface area contributed by atoms with Gasteiger partial charge in [-0.1, -0.05) is 0 Å². The number of hydrogen-bond acceptors (Lipinski definition) is 3. The van der Waals surface area contributed by atoms with E-state index in [0.717, 1.165) is 17.9 Å². The Balaban J connectivity index is 2.40. The molecule has 0 fully saturated rings. The summed E-state index contributed by atoms with van der Waals surface area (Å²) in [5.74, 6) is 0.876. The fourth-order valence-corrected chi connectivity index (χ4v) is 0.986. The Labute approximate surface area is 64.7 Å². The normalized spacial score (nSPS) is 14.2. The molecule has 0 bridgehead atoms. The largest absolute Gasteiger partial charge is 0.463 e. The summed E-state index contributed by atoms with van der Waals surface area (Å²) in [5, 5.41) is 3.06. The third-order valence-electron chi connectivity index (χ3n) is 1.53. The van der Waals surface area contributed by atoms with Gasteiger partial charge in [-0.2, -0.15) is 0 Å². The molecule has 1 aliphatic heterocycles. The maximum Gasteiger partial charge on any atom is 0.134 e. The number of pyridine rings is 1. The fraction of sp³-hybridized carbons (Fsp3) is 0.125. The number of rotatable bonds is 0. The molecule has 3 heteroatoms. The van der Waals surface area contributed by atoms with Crippen LogP contribution in [0.25, 0.3) is 0 Å². The number of aromatic nitrogens is 1. The fourth-order valence-electron chi connectivity index (χ4n) is 0.986. The summed E-state index contributed by atoms with van der Waals surface area (Å²) < 4.78 is 5.27. The SMILES string of the molecule is C1=COc2ccncc2CN1. The number of nitrogens with one attached hydrogen (secondary N) is 1. The van der Waals surface area contributed by atoms with Gasteiger partial charge in [-0.05, 0) is 6.07 Å². The highest BCUT2D eigenvalue weighted by atomic mass is 16.5. The molecule has 0 radical (unpaired) electrons. The molecular weight excluding hydrogens is 140 g/mol. The van der Waals surface area contributed by atoms with Gasteiger partial charge in [-0.3, -0.25) is 4.98 Å². The van der Waals surface area contributed by atoms with Crippen molar-refractivity contribution in [2.24, 2.45) is 0 Å². The van der Waals surface area contributed by atoms with Crippen molar-refractivity contribution in [2.75, 3.05) is 0 Å². The molecule has 0 saturated carbocycles. The van der Waals surface area contributed by atoms with Crippen LogP contribution in [0.2, 0.25) is 0 Å². The average Bonchev–Trinajstić information content (AvgIpc) is 2.28. The van der Waals surface area contributed by atoms with E-state index in [0.29, 0.717) is 0 Å². The van der Waals surface area contributed by atoms with E-state index in [1.165, 1.54) is 0 Å². The van der Waals surface area contributed by atoms with Crippen LogP contribution in [0, 0.1) is 0 Å². The Bertz CT molecular complexity index is 283. The molecule has 1 N–H and O–H groups in total. The van der Waals surface area contributed by atoms with E-state index >= 15 is 0 Å². The highest BCUT2D eigenvalue weighted by Crippen LogP contribution is 2.17. The van der Waals surface area contributed by atoms with E-state index in [9.17, 15) is 0 Å². The Hall–Kier alpha value is -1.51. The second-order valence-electron chi connectivity index (χ2n) is 2.28. The maximum absolute atomic E-state index is 5.27. The van der Waals surface area contributed by atoms with Crippen LogP contribution >= 0.6 is 0 Å². The van der Waals surface area contributed by atoms with Gasteiger partial charge in [-0.15, -0.1) is 0 Å². The van der Waals surface area contributed by atoms with Crippen molar-refractivity contribution in [1.82, 2.24) is 10.3 Å². The van der Waals surface area contributed by atoms with Crippen LogP contribution in [0.5, 0.6) is 5.75 Å². The summed E-state index contributed by atoms with van der Waals surface area (Å²) in [6, 6.07) is 1.85. The van der Waals surface area contributed by atoms with E-state index in [1.54, 1.807) is 24.9 Å². The number of nitrogens with zero attached hydrogens (tertiary/aromatic N) is 1. The molecule has 1 aliphatic rings. The lowest BCUT2D eigenvalue weighted by atomic mass is 10.2. The van der Waals surface area contributed by atoms with Gasteiger partial charge in [0.25, 0.3) is 0 Å². The highest BCUT2D eigenvalue weighted by Gasteiger charge is 2.02. The van der Waals surface area contributed by atoms with Gasteiger partial charge in [0, 0.05) is 30.7 Å². The van der Waals surface area contributed by atoms with Crippen molar-refractivity contribution in [3.05, 3.63) is 36.5 Å². The van der Waals surface area contributed by atoms with Crippen molar-refractivity contribution in [3.63, 3.8) is 0 Å². The zero-order chi connectivity index (χ0) is 7.52. The molecule has 11 heavy (non-hydrogen) atoms. The Morgan fingerprint density at radius 1 is 1.55 bits per heavy atom. The van der Waals surface area contributed by atoms with Crippen LogP contribution in [-0.2, 0) is 6.54 Å². The van der Waals surface area contributed by atoms with Crippen LogP contribution in [0.1, 0.15) is 5.56 Å². The topological polar surface area (TPSA) is 34.1 Å². The third-order valence-corrected chi connectivity index (χ3v) is 1.53. The van der Waals surface area contributed by atoms with Crippen molar-refractivity contribution >= 4 is 0 Å². The molecule has 0 unspecified atom stereocenters. The molecule has 1 aromatic heterocycles. The average molecular weight is 148 g/mol. The van der Waals surface area contributed by atoms with Crippen LogP contribution in [0.3, 0.4) is 0 Å². The van der Waals surface area contributed by atoms with Gasteiger partial charge < -0.3 is 10.1 Å². The summed E-state index contributed by atoms with van der Waals surface area (Å²) >= 11 is 0. The molecule has 0 aliphatic carbocycles. The van der Waals surface area contributed by atoms with Crippen LogP contribution in [-0.4, -0.2) is 4.98 Å². The molecule has 0 spiro atoms. The summed E-state index contributed by atoms with van der Waals surface area (Å²) in [6.45, 7) is 0.777. The molecule has 2 heterocycles. The van der Waals surface area contributed by atoms with E-state index in [4.69, 9.17) is 4.74 Å². The number of hydrogen-bond donors (Lipinski definition) is 1. The van der Waals surface area contributed by atoms with E-state index in [1.807, 2.05) is 6.07 Å². The zero-order valence-electron chi connectivity index (χ0n) is 5.95. The lowest BCUT2D eigenvalue weighted by Crippen LogP contribution is -2.02. The first kappa shape index (κ1) is 6.22. The predicted molar refractivity (Wildman–Crippen MR) is 40.8 cm³/mol. The van der Waals surface area contributed by atoms with Crippen LogP contribution in [0.15, 0.2) is 30.9 Å². The quantitative estimate of drug-likeness (QED) is 0.596. The lowest BCUT2D eigenvalue weighted by molar-refractivity contribution is 0.478. The number of fused-ring (bicyclic) bond motifs is 1. The molecule has 2 rings (SSSR count). The summed E-state index contributed by atoms with van der Waals surface area (Å²) in [6.07, 6.45) is 6.93. The van der Waals surface area contributed by atoms with Crippen molar-refractivity contribution in [1.29, 1.82) is 0 Å². The lowest BCUT2D eigenvalue weighted by Gasteiger charge is -2.02. The van der Waals surface area contributed by atoms with Gasteiger partial charge in [0.05, 0.1) is 0 Å². The van der Waals surface area contributed by atoms with E-state index in [2.05, 4.69) is 10.3 Å². The van der Waals surface area contributed by atoms with E-state index < -0.39 is 0 Å². The first-order valence-electron chi connectivity index (χ1n) is 3.45. The maximum atomic E-state index is 5.27. The Morgan fingerprint density at radius 3 is 3.55 bits per heavy atom. The Morgan fingerprint density at radius 2 is 2.55 bits per heavy atom. The monoisotopic (exact) mass is 148 g/mol. The first-order chi connectivity index (χ1) is 5.47. The Kier molecular flexibility index (Phi) is 1.48.